The van der Waals surface area contributed by atoms with E-state index in [2.05, 4.69) is 37.0 Å². The highest BCUT2D eigenvalue weighted by Gasteiger charge is 2.05. The van der Waals surface area contributed by atoms with Crippen molar-refractivity contribution in [2.24, 2.45) is 0 Å². The first kappa shape index (κ1) is 12.4. The lowest BCUT2D eigenvalue weighted by Gasteiger charge is -2.07. The van der Waals surface area contributed by atoms with E-state index in [4.69, 9.17) is 5.11 Å². The molecule has 0 saturated carbocycles. The van der Waals surface area contributed by atoms with Crippen LogP contribution in [0.5, 0.6) is 0 Å². The lowest BCUT2D eigenvalue weighted by Crippen LogP contribution is -2.01. The van der Waals surface area contributed by atoms with Crippen LogP contribution in [0, 0.1) is 13.8 Å². The van der Waals surface area contributed by atoms with Crippen molar-refractivity contribution in [2.45, 2.75) is 26.8 Å². The van der Waals surface area contributed by atoms with E-state index < -0.39 is 5.97 Å². The SMILES string of the molecule is Cc1ccc(Cn2cnc(CC(=O)O)c2)c(C)c1. The molecule has 18 heavy (non-hydrogen) atoms. The fourth-order valence-corrected chi connectivity index (χ4v) is 1.96. The van der Waals surface area contributed by atoms with E-state index in [9.17, 15) is 4.79 Å². The molecule has 0 unspecified atom stereocenters. The normalized spacial score (nSPS) is 10.6. The summed E-state index contributed by atoms with van der Waals surface area (Å²) in [5, 5.41) is 8.69. The minimum absolute atomic E-state index is 0.0279. The van der Waals surface area contributed by atoms with E-state index in [0.29, 0.717) is 5.69 Å². The molecule has 0 spiro atoms. The molecular weight excluding hydrogens is 228 g/mol. The van der Waals surface area contributed by atoms with Crippen LogP contribution in [0.4, 0.5) is 0 Å². The van der Waals surface area contributed by atoms with E-state index in [0.717, 1.165) is 6.54 Å². The topological polar surface area (TPSA) is 55.1 Å². The van der Waals surface area contributed by atoms with Crippen LogP contribution in [0.1, 0.15) is 22.4 Å². The number of hydrogen-bond donors (Lipinski definition) is 1. The minimum atomic E-state index is -0.855. The molecule has 94 valence electrons. The Morgan fingerprint density at radius 1 is 1.39 bits per heavy atom. The highest BCUT2D eigenvalue weighted by atomic mass is 16.4. The Balaban J connectivity index is 2.13. The summed E-state index contributed by atoms with van der Waals surface area (Å²) in [4.78, 5) is 14.7. The highest BCUT2D eigenvalue weighted by Crippen LogP contribution is 2.12. The van der Waals surface area contributed by atoms with Crippen LogP contribution >= 0.6 is 0 Å². The first-order valence-corrected chi connectivity index (χ1v) is 5.83. The summed E-state index contributed by atoms with van der Waals surface area (Å²) in [7, 11) is 0. The molecule has 1 aromatic carbocycles. The molecule has 1 aromatic heterocycles. The molecule has 4 heteroatoms. The van der Waals surface area contributed by atoms with E-state index in [1.165, 1.54) is 16.7 Å². The second-order valence-corrected chi connectivity index (χ2v) is 4.54. The van der Waals surface area contributed by atoms with E-state index in [1.54, 1.807) is 12.5 Å². The van der Waals surface area contributed by atoms with Crippen molar-refractivity contribution in [1.29, 1.82) is 0 Å². The van der Waals surface area contributed by atoms with Crippen LogP contribution < -0.4 is 0 Å². The van der Waals surface area contributed by atoms with Gasteiger partial charge in [0.15, 0.2) is 0 Å². The Morgan fingerprint density at radius 2 is 2.17 bits per heavy atom. The zero-order valence-electron chi connectivity index (χ0n) is 10.6. The zero-order valence-corrected chi connectivity index (χ0v) is 10.6. The summed E-state index contributed by atoms with van der Waals surface area (Å²) in [5.41, 5.74) is 4.30. The maximum Gasteiger partial charge on any atom is 0.309 e. The quantitative estimate of drug-likeness (QED) is 0.896. The number of nitrogens with zero attached hydrogens (tertiary/aromatic N) is 2. The van der Waals surface area contributed by atoms with E-state index >= 15 is 0 Å². The van der Waals surface area contributed by atoms with Crippen LogP contribution in [-0.4, -0.2) is 20.6 Å². The van der Waals surface area contributed by atoms with Gasteiger partial charge in [-0.05, 0) is 25.0 Å². The van der Waals surface area contributed by atoms with Crippen molar-refractivity contribution in [3.8, 4) is 0 Å². The Labute approximate surface area is 106 Å². The van der Waals surface area contributed by atoms with Crippen molar-refractivity contribution < 1.29 is 9.90 Å². The zero-order chi connectivity index (χ0) is 13.1. The van der Waals surface area contributed by atoms with Crippen LogP contribution in [0.3, 0.4) is 0 Å². The molecule has 2 aromatic rings. The lowest BCUT2D eigenvalue weighted by molar-refractivity contribution is -0.136. The number of hydrogen-bond acceptors (Lipinski definition) is 2. The molecule has 0 radical (unpaired) electrons. The second kappa shape index (κ2) is 5.04. The first-order valence-electron chi connectivity index (χ1n) is 5.83. The maximum absolute atomic E-state index is 10.6. The number of carboxylic acids is 1. The standard InChI is InChI=1S/C14H16N2O2/c1-10-3-4-12(11(2)5-10)7-16-8-13(15-9-16)6-14(17)18/h3-5,8-9H,6-7H2,1-2H3,(H,17,18). The molecule has 0 amide bonds. The second-order valence-electron chi connectivity index (χ2n) is 4.54. The van der Waals surface area contributed by atoms with Crippen LogP contribution in [0.15, 0.2) is 30.7 Å². The number of benzene rings is 1. The van der Waals surface area contributed by atoms with Gasteiger partial charge in [0.1, 0.15) is 0 Å². The summed E-state index contributed by atoms with van der Waals surface area (Å²) in [5.74, 6) is -0.855. The van der Waals surface area contributed by atoms with Gasteiger partial charge < -0.3 is 9.67 Å². The molecule has 0 aliphatic rings. The molecule has 0 aliphatic heterocycles. The Morgan fingerprint density at radius 3 is 2.83 bits per heavy atom. The molecule has 1 N–H and O–H groups in total. The molecular formula is C14H16N2O2. The molecule has 0 fully saturated rings. The van der Waals surface area contributed by atoms with Crippen molar-refractivity contribution in [1.82, 2.24) is 9.55 Å². The van der Waals surface area contributed by atoms with Gasteiger partial charge in [-0.15, -0.1) is 0 Å². The fourth-order valence-electron chi connectivity index (χ4n) is 1.96. The fraction of sp³-hybridized carbons (Fsp3) is 0.286. The average Bonchev–Trinajstić information content (AvgIpc) is 2.69. The molecule has 0 bridgehead atoms. The van der Waals surface area contributed by atoms with Crippen molar-refractivity contribution >= 4 is 5.97 Å². The number of aryl methyl sites for hydroxylation is 2. The van der Waals surface area contributed by atoms with Gasteiger partial charge in [-0.1, -0.05) is 23.8 Å². The number of imidazole rings is 1. The Kier molecular flexibility index (Phi) is 3.46. The lowest BCUT2D eigenvalue weighted by atomic mass is 10.1. The molecule has 0 saturated heterocycles. The maximum atomic E-state index is 10.6. The largest absolute Gasteiger partial charge is 0.481 e. The van der Waals surface area contributed by atoms with E-state index in [-0.39, 0.29) is 6.42 Å². The minimum Gasteiger partial charge on any atom is -0.481 e. The Bertz CT molecular complexity index is 573. The average molecular weight is 244 g/mol. The van der Waals surface area contributed by atoms with Gasteiger partial charge in [-0.2, -0.15) is 0 Å². The number of aromatic nitrogens is 2. The van der Waals surface area contributed by atoms with Gasteiger partial charge in [-0.25, -0.2) is 4.98 Å². The van der Waals surface area contributed by atoms with Gasteiger partial charge >= 0.3 is 5.97 Å². The molecule has 2 rings (SSSR count). The predicted molar refractivity (Wildman–Crippen MR) is 68.6 cm³/mol. The van der Waals surface area contributed by atoms with Crippen molar-refractivity contribution in [2.75, 3.05) is 0 Å². The number of carboxylic acid groups (broad SMARTS) is 1. The van der Waals surface area contributed by atoms with Crippen molar-refractivity contribution in [3.63, 3.8) is 0 Å². The number of carbonyl (C=O) groups is 1. The monoisotopic (exact) mass is 244 g/mol. The van der Waals surface area contributed by atoms with Crippen LogP contribution in [-0.2, 0) is 17.8 Å². The van der Waals surface area contributed by atoms with Crippen molar-refractivity contribution in [3.05, 3.63) is 53.1 Å². The summed E-state index contributed by atoms with van der Waals surface area (Å²) in [6.45, 7) is 4.87. The summed E-state index contributed by atoms with van der Waals surface area (Å²) in [6, 6.07) is 6.32. The third-order valence-electron chi connectivity index (χ3n) is 2.87. The van der Waals surface area contributed by atoms with Gasteiger partial charge in [0.05, 0.1) is 18.4 Å². The van der Waals surface area contributed by atoms with Gasteiger partial charge in [0, 0.05) is 12.7 Å². The molecule has 0 aliphatic carbocycles. The summed E-state index contributed by atoms with van der Waals surface area (Å²) in [6.07, 6.45) is 3.44. The third-order valence-corrected chi connectivity index (χ3v) is 2.87. The highest BCUT2D eigenvalue weighted by molar-refractivity contribution is 5.69. The summed E-state index contributed by atoms with van der Waals surface area (Å²) >= 11 is 0. The van der Waals surface area contributed by atoms with E-state index in [1.807, 2.05) is 4.57 Å². The van der Waals surface area contributed by atoms with Crippen LogP contribution in [0.25, 0.3) is 0 Å². The number of aliphatic carboxylic acids is 1. The summed E-state index contributed by atoms with van der Waals surface area (Å²) < 4.78 is 1.91. The smallest absolute Gasteiger partial charge is 0.309 e. The van der Waals surface area contributed by atoms with Gasteiger partial charge in [-0.3, -0.25) is 4.79 Å². The predicted octanol–water partition coefficient (Wildman–Crippen LogP) is 2.18. The first-order chi connectivity index (χ1) is 8.54. The molecule has 4 nitrogen and oxygen atoms in total. The third kappa shape index (κ3) is 2.97. The Hall–Kier alpha value is -2.10. The van der Waals surface area contributed by atoms with Gasteiger partial charge in [0.2, 0.25) is 0 Å². The molecule has 1 heterocycles. The molecule has 0 atom stereocenters. The van der Waals surface area contributed by atoms with Crippen LogP contribution in [0.2, 0.25) is 0 Å². The van der Waals surface area contributed by atoms with Gasteiger partial charge in [0.25, 0.3) is 0 Å². The number of rotatable bonds is 4.